The van der Waals surface area contributed by atoms with E-state index in [0.29, 0.717) is 12.6 Å². The van der Waals surface area contributed by atoms with Crippen molar-refractivity contribution in [3.8, 4) is 0 Å². The second-order valence-electron chi connectivity index (χ2n) is 5.73. The van der Waals surface area contributed by atoms with Crippen molar-refractivity contribution < 1.29 is 22.0 Å². The molecule has 0 bridgehead atoms. The minimum absolute atomic E-state index is 0. The molecule has 0 saturated carbocycles. The molecule has 0 aromatic heterocycles. The second-order valence-corrected chi connectivity index (χ2v) is 7.30. The fourth-order valence-electron chi connectivity index (χ4n) is 3.01. The van der Waals surface area contributed by atoms with E-state index in [2.05, 4.69) is 5.32 Å². The molecule has 1 amide bonds. The van der Waals surface area contributed by atoms with Gasteiger partial charge in [0, 0.05) is 25.6 Å². The van der Waals surface area contributed by atoms with Gasteiger partial charge in [0.1, 0.15) is 11.5 Å². The predicted octanol–water partition coefficient (Wildman–Crippen LogP) is 0.278. The number of fused-ring (bicyclic) bond motifs is 1. The van der Waals surface area contributed by atoms with Gasteiger partial charge in [-0.05, 0) is 18.2 Å². The van der Waals surface area contributed by atoms with E-state index in [1.807, 2.05) is 0 Å². The lowest BCUT2D eigenvalue weighted by atomic mass is 9.97. The van der Waals surface area contributed by atoms with E-state index in [0.717, 1.165) is 12.1 Å². The van der Waals surface area contributed by atoms with Crippen molar-refractivity contribution in [3.05, 3.63) is 29.6 Å². The van der Waals surface area contributed by atoms with Crippen LogP contribution in [0.4, 0.5) is 8.78 Å². The van der Waals surface area contributed by atoms with Crippen molar-refractivity contribution >= 4 is 28.3 Å². The Morgan fingerprint density at radius 2 is 2.13 bits per heavy atom. The van der Waals surface area contributed by atoms with Gasteiger partial charge in [0.2, 0.25) is 10.0 Å². The molecule has 3 N–H and O–H groups in total. The Labute approximate surface area is 138 Å². The summed E-state index contributed by atoms with van der Waals surface area (Å²) < 4.78 is 50.8. The molecule has 0 spiro atoms. The number of likely N-dealkylation sites (tertiary alicyclic amines) is 1. The van der Waals surface area contributed by atoms with Gasteiger partial charge in [-0.2, -0.15) is 0 Å². The first-order valence-electron chi connectivity index (χ1n) is 6.72. The van der Waals surface area contributed by atoms with E-state index in [1.165, 1.54) is 4.90 Å². The summed E-state index contributed by atoms with van der Waals surface area (Å²) >= 11 is 0. The number of nitrogens with zero attached hydrogens (tertiary/aromatic N) is 1. The zero-order valence-electron chi connectivity index (χ0n) is 12.0. The number of halogens is 3. The molecule has 0 radical (unpaired) electrons. The van der Waals surface area contributed by atoms with Crippen LogP contribution in [0.25, 0.3) is 0 Å². The maximum absolute atomic E-state index is 14.5. The zero-order valence-corrected chi connectivity index (χ0v) is 13.6. The van der Waals surface area contributed by atoms with Crippen LogP contribution in [-0.4, -0.2) is 51.1 Å². The lowest BCUT2D eigenvalue weighted by Crippen LogP contribution is -2.37. The molecule has 3 rings (SSSR count). The van der Waals surface area contributed by atoms with Gasteiger partial charge in [-0.25, -0.2) is 22.3 Å². The summed E-state index contributed by atoms with van der Waals surface area (Å²) in [7, 11) is -4.04. The number of amides is 1. The van der Waals surface area contributed by atoms with Crippen LogP contribution in [0.3, 0.4) is 0 Å². The van der Waals surface area contributed by atoms with Crippen LogP contribution in [-0.2, 0) is 10.0 Å². The summed E-state index contributed by atoms with van der Waals surface area (Å²) in [5, 5.41) is 7.84. The summed E-state index contributed by atoms with van der Waals surface area (Å²) in [5.74, 6) is -1.94. The van der Waals surface area contributed by atoms with Gasteiger partial charge in [-0.1, -0.05) is 0 Å². The Hall–Kier alpha value is -1.29. The van der Waals surface area contributed by atoms with Gasteiger partial charge in [0.05, 0.1) is 17.0 Å². The normalized spacial score (nSPS) is 26.7. The number of benzene rings is 1. The Morgan fingerprint density at radius 3 is 2.70 bits per heavy atom. The number of hydrogen-bond donors (Lipinski definition) is 2. The third-order valence-corrected chi connectivity index (χ3v) is 5.13. The van der Waals surface area contributed by atoms with E-state index in [9.17, 15) is 22.0 Å². The first-order valence-corrected chi connectivity index (χ1v) is 8.27. The Kier molecular flexibility index (Phi) is 4.69. The van der Waals surface area contributed by atoms with Crippen LogP contribution in [0, 0.1) is 11.7 Å². The third-order valence-electron chi connectivity index (χ3n) is 4.22. The smallest absolute Gasteiger partial charge is 0.256 e. The quantitative estimate of drug-likeness (QED) is 0.785. The Morgan fingerprint density at radius 1 is 1.43 bits per heavy atom. The number of carbonyl (C=O) groups excluding carboxylic acids is 1. The van der Waals surface area contributed by atoms with Crippen LogP contribution >= 0.6 is 12.4 Å². The number of rotatable bonds is 2. The molecule has 2 heterocycles. The Balaban J connectivity index is 0.00000192. The number of primary sulfonamides is 1. The maximum atomic E-state index is 14.5. The molecule has 2 fully saturated rings. The molecule has 0 unspecified atom stereocenters. The molecule has 2 atom stereocenters. The summed E-state index contributed by atoms with van der Waals surface area (Å²) in [5.41, 5.74) is -1.77. The standard InChI is InChI=1S/C13H15F2N3O3S.ClH/c14-11-3-9(22(16,20)21)1-2-10(11)12(19)18-5-8-4-17-6-13(8,15)7-18;/h1-3,8,17H,4-7H2,(H2,16,20,21);1H/t8-,13+;/m1./s1. The van der Waals surface area contributed by atoms with Crippen molar-refractivity contribution in [2.24, 2.45) is 11.1 Å². The topological polar surface area (TPSA) is 92.5 Å². The maximum Gasteiger partial charge on any atom is 0.256 e. The highest BCUT2D eigenvalue weighted by Crippen LogP contribution is 2.35. The average molecular weight is 368 g/mol. The first kappa shape index (κ1) is 18.1. The number of nitrogens with one attached hydrogen (secondary N) is 1. The lowest BCUT2D eigenvalue weighted by Gasteiger charge is -2.19. The monoisotopic (exact) mass is 367 g/mol. The van der Waals surface area contributed by atoms with Crippen LogP contribution in [0.1, 0.15) is 10.4 Å². The molecular weight excluding hydrogens is 352 g/mol. The molecule has 0 aliphatic carbocycles. The first-order chi connectivity index (χ1) is 10.2. The molecule has 128 valence electrons. The highest BCUT2D eigenvalue weighted by atomic mass is 35.5. The number of sulfonamides is 1. The number of nitrogens with two attached hydrogens (primary N) is 1. The van der Waals surface area contributed by atoms with Gasteiger partial charge in [0.25, 0.3) is 5.91 Å². The molecule has 1 aromatic carbocycles. The lowest BCUT2D eigenvalue weighted by molar-refractivity contribution is 0.0750. The summed E-state index contributed by atoms with van der Waals surface area (Å²) in [6.45, 7) is 0.764. The third kappa shape index (κ3) is 3.18. The largest absolute Gasteiger partial charge is 0.335 e. The van der Waals surface area contributed by atoms with Crippen LogP contribution in [0.5, 0.6) is 0 Å². The number of hydrogen-bond acceptors (Lipinski definition) is 4. The number of alkyl halides is 1. The second kappa shape index (κ2) is 5.97. The van der Waals surface area contributed by atoms with Crippen molar-refractivity contribution in [2.45, 2.75) is 10.6 Å². The zero-order chi connectivity index (χ0) is 16.1. The molecule has 1 aromatic rings. The van der Waals surface area contributed by atoms with Crippen molar-refractivity contribution in [1.29, 1.82) is 0 Å². The molecule has 23 heavy (non-hydrogen) atoms. The molecule has 2 aliphatic rings. The summed E-state index contributed by atoms with van der Waals surface area (Å²) in [6, 6.07) is 2.83. The average Bonchev–Trinajstić information content (AvgIpc) is 2.91. The molecular formula is C13H16ClF2N3O3S. The fraction of sp³-hybridized carbons (Fsp3) is 0.462. The van der Waals surface area contributed by atoms with Gasteiger partial charge in [-0.15, -0.1) is 12.4 Å². The Bertz CT molecular complexity index is 746. The van der Waals surface area contributed by atoms with E-state index in [1.54, 1.807) is 0 Å². The molecule has 2 saturated heterocycles. The summed E-state index contributed by atoms with van der Waals surface area (Å²) in [6.07, 6.45) is 0. The molecule has 2 aliphatic heterocycles. The minimum atomic E-state index is -4.04. The van der Waals surface area contributed by atoms with Crippen LogP contribution < -0.4 is 10.5 Å². The van der Waals surface area contributed by atoms with Gasteiger partial charge in [0.15, 0.2) is 0 Å². The highest BCUT2D eigenvalue weighted by molar-refractivity contribution is 7.89. The van der Waals surface area contributed by atoms with Crippen molar-refractivity contribution in [2.75, 3.05) is 26.2 Å². The van der Waals surface area contributed by atoms with Crippen molar-refractivity contribution in [3.63, 3.8) is 0 Å². The van der Waals surface area contributed by atoms with Crippen LogP contribution in [0.2, 0.25) is 0 Å². The van der Waals surface area contributed by atoms with Gasteiger partial charge >= 0.3 is 0 Å². The number of carbonyl (C=O) groups is 1. The van der Waals surface area contributed by atoms with E-state index < -0.39 is 32.3 Å². The summed E-state index contributed by atoms with van der Waals surface area (Å²) in [4.78, 5) is 13.2. The van der Waals surface area contributed by atoms with E-state index >= 15 is 0 Å². The SMILES string of the molecule is Cl.NS(=O)(=O)c1ccc(C(=O)N2C[C@H]3CNC[C@]3(F)C2)c(F)c1. The molecule has 6 nitrogen and oxygen atoms in total. The van der Waals surface area contributed by atoms with Crippen molar-refractivity contribution in [1.82, 2.24) is 10.2 Å². The van der Waals surface area contributed by atoms with Gasteiger partial charge < -0.3 is 10.2 Å². The highest BCUT2D eigenvalue weighted by Gasteiger charge is 2.51. The minimum Gasteiger partial charge on any atom is -0.335 e. The van der Waals surface area contributed by atoms with E-state index in [-0.39, 0.29) is 43.5 Å². The van der Waals surface area contributed by atoms with Crippen LogP contribution in [0.15, 0.2) is 23.1 Å². The van der Waals surface area contributed by atoms with E-state index in [4.69, 9.17) is 5.14 Å². The predicted molar refractivity (Wildman–Crippen MR) is 81.1 cm³/mol. The fourth-order valence-corrected chi connectivity index (χ4v) is 3.54. The molecule has 10 heteroatoms. The van der Waals surface area contributed by atoms with Gasteiger partial charge in [-0.3, -0.25) is 4.79 Å².